The molecule has 0 spiro atoms. The Morgan fingerprint density at radius 2 is 1.90 bits per heavy atom. The highest BCUT2D eigenvalue weighted by Crippen LogP contribution is 2.15. The van der Waals surface area contributed by atoms with E-state index in [-0.39, 0.29) is 0 Å². The van der Waals surface area contributed by atoms with Gasteiger partial charge in [-0.2, -0.15) is 0 Å². The van der Waals surface area contributed by atoms with E-state index >= 15 is 0 Å². The smallest absolute Gasteiger partial charge is 0.0459 e. The Bertz CT molecular complexity index is 69.1. The number of hydrogen-bond donors (Lipinski definition) is 1. The minimum atomic E-state index is 0.367. The van der Waals surface area contributed by atoms with Crippen molar-refractivity contribution in [2.75, 3.05) is 6.61 Å². The molecule has 62 valence electrons. The maximum Gasteiger partial charge on any atom is 0.0459 e. The zero-order valence-electron chi connectivity index (χ0n) is 7.43. The molecule has 1 nitrogen and oxygen atoms in total. The molecule has 1 N–H and O–H groups in total. The maximum atomic E-state index is 8.91. The van der Waals surface area contributed by atoms with Crippen molar-refractivity contribution in [1.29, 1.82) is 0 Å². The summed E-state index contributed by atoms with van der Waals surface area (Å²) in [5.41, 5.74) is 0. The number of aliphatic hydroxyl groups is 1. The molecule has 0 fully saturated rings. The first-order valence-corrected chi connectivity index (χ1v) is 4.31. The molecule has 0 aliphatic rings. The topological polar surface area (TPSA) is 20.2 Å². The van der Waals surface area contributed by atoms with Gasteiger partial charge in [0.05, 0.1) is 0 Å². The Hall–Kier alpha value is -0.0400. The molecule has 0 saturated heterocycles. The minimum Gasteiger partial charge on any atom is -0.396 e. The summed E-state index contributed by atoms with van der Waals surface area (Å²) in [6.45, 7) is 6.95. The highest BCUT2D eigenvalue weighted by atomic mass is 16.3. The molecule has 0 amide bonds. The Morgan fingerprint density at radius 3 is 2.20 bits per heavy atom. The van der Waals surface area contributed by atoms with Crippen LogP contribution in [0.5, 0.6) is 0 Å². The van der Waals surface area contributed by atoms with Gasteiger partial charge < -0.3 is 5.11 Å². The number of rotatable bonds is 5. The zero-order valence-corrected chi connectivity index (χ0v) is 7.43. The molecule has 0 aromatic carbocycles. The third kappa shape index (κ3) is 4.80. The van der Waals surface area contributed by atoms with Crippen LogP contribution in [0.15, 0.2) is 0 Å². The van der Waals surface area contributed by atoms with Gasteiger partial charge >= 0.3 is 0 Å². The molecule has 0 heterocycles. The first-order chi connectivity index (χ1) is 4.70. The summed E-state index contributed by atoms with van der Waals surface area (Å²) in [7, 11) is 0. The molecular formula is C9H20O. The van der Waals surface area contributed by atoms with Crippen LogP contribution in [-0.2, 0) is 0 Å². The Morgan fingerprint density at radius 1 is 1.30 bits per heavy atom. The van der Waals surface area contributed by atoms with Gasteiger partial charge in [0.25, 0.3) is 0 Å². The van der Waals surface area contributed by atoms with Crippen LogP contribution in [0.4, 0.5) is 0 Å². The first-order valence-electron chi connectivity index (χ1n) is 4.31. The van der Waals surface area contributed by atoms with Crippen molar-refractivity contribution < 1.29 is 5.11 Å². The fourth-order valence-electron chi connectivity index (χ4n) is 1.36. The standard InChI is InChI=1S/C9H20O/c1-4-5-9(7-10)6-8(2)3/h8-10H,4-7H2,1-3H3/t9-/m0/s1. The molecule has 0 saturated carbocycles. The van der Waals surface area contributed by atoms with Crippen molar-refractivity contribution in [2.24, 2.45) is 11.8 Å². The van der Waals surface area contributed by atoms with Crippen molar-refractivity contribution in [2.45, 2.75) is 40.0 Å². The molecule has 1 atom stereocenters. The van der Waals surface area contributed by atoms with E-state index in [2.05, 4.69) is 20.8 Å². The zero-order chi connectivity index (χ0) is 7.98. The second-order valence-corrected chi connectivity index (χ2v) is 3.47. The summed E-state index contributed by atoms with van der Waals surface area (Å²) in [6, 6.07) is 0. The van der Waals surface area contributed by atoms with Crippen LogP contribution >= 0.6 is 0 Å². The van der Waals surface area contributed by atoms with Gasteiger partial charge in [-0.25, -0.2) is 0 Å². The van der Waals surface area contributed by atoms with Crippen molar-refractivity contribution in [3.05, 3.63) is 0 Å². The molecule has 0 unspecified atom stereocenters. The lowest BCUT2D eigenvalue weighted by molar-refractivity contribution is 0.197. The monoisotopic (exact) mass is 144 g/mol. The lowest BCUT2D eigenvalue weighted by Gasteiger charge is -2.14. The van der Waals surface area contributed by atoms with Gasteiger partial charge in [-0.1, -0.05) is 27.2 Å². The number of hydrogen-bond acceptors (Lipinski definition) is 1. The molecule has 0 aliphatic carbocycles. The fourth-order valence-corrected chi connectivity index (χ4v) is 1.36. The fraction of sp³-hybridized carbons (Fsp3) is 1.00. The van der Waals surface area contributed by atoms with Crippen LogP contribution in [0.1, 0.15) is 40.0 Å². The van der Waals surface area contributed by atoms with Crippen LogP contribution in [0.2, 0.25) is 0 Å². The maximum absolute atomic E-state index is 8.91. The van der Waals surface area contributed by atoms with Gasteiger partial charge in [0.15, 0.2) is 0 Å². The van der Waals surface area contributed by atoms with Gasteiger partial charge in [0.1, 0.15) is 0 Å². The predicted octanol–water partition coefficient (Wildman–Crippen LogP) is 2.44. The molecule has 0 radical (unpaired) electrons. The summed E-state index contributed by atoms with van der Waals surface area (Å²) in [6.07, 6.45) is 3.54. The highest BCUT2D eigenvalue weighted by Gasteiger charge is 2.07. The minimum absolute atomic E-state index is 0.367. The lowest BCUT2D eigenvalue weighted by atomic mass is 9.94. The molecule has 0 aromatic rings. The van der Waals surface area contributed by atoms with Crippen molar-refractivity contribution >= 4 is 0 Å². The van der Waals surface area contributed by atoms with Crippen LogP contribution in [0.3, 0.4) is 0 Å². The normalized spacial score (nSPS) is 14.1. The van der Waals surface area contributed by atoms with E-state index in [9.17, 15) is 0 Å². The largest absolute Gasteiger partial charge is 0.396 e. The van der Waals surface area contributed by atoms with Crippen molar-refractivity contribution in [3.63, 3.8) is 0 Å². The van der Waals surface area contributed by atoms with E-state index in [4.69, 9.17) is 5.11 Å². The van der Waals surface area contributed by atoms with Gasteiger partial charge in [-0.3, -0.25) is 0 Å². The van der Waals surface area contributed by atoms with E-state index in [1.807, 2.05) is 0 Å². The van der Waals surface area contributed by atoms with Gasteiger partial charge in [-0.15, -0.1) is 0 Å². The average Bonchev–Trinajstić information content (AvgIpc) is 1.86. The number of aliphatic hydroxyl groups excluding tert-OH is 1. The molecule has 10 heavy (non-hydrogen) atoms. The summed E-state index contributed by atoms with van der Waals surface area (Å²) < 4.78 is 0. The molecule has 0 aliphatic heterocycles. The van der Waals surface area contributed by atoms with Crippen molar-refractivity contribution in [3.8, 4) is 0 Å². The quantitative estimate of drug-likeness (QED) is 0.628. The van der Waals surface area contributed by atoms with E-state index in [0.717, 1.165) is 5.92 Å². The summed E-state index contributed by atoms with van der Waals surface area (Å²) >= 11 is 0. The second kappa shape index (κ2) is 5.72. The predicted molar refractivity (Wildman–Crippen MR) is 44.9 cm³/mol. The molecular weight excluding hydrogens is 124 g/mol. The first kappa shape index (κ1) is 9.96. The Balaban J connectivity index is 3.39. The molecule has 0 aromatic heterocycles. The SMILES string of the molecule is CCC[C@H](CO)CC(C)C. The summed E-state index contributed by atoms with van der Waals surface area (Å²) in [5, 5.41) is 8.91. The Kier molecular flexibility index (Phi) is 5.70. The molecule has 1 heteroatoms. The lowest BCUT2D eigenvalue weighted by Crippen LogP contribution is -2.08. The average molecular weight is 144 g/mol. The molecule has 0 bridgehead atoms. The van der Waals surface area contributed by atoms with Crippen molar-refractivity contribution in [1.82, 2.24) is 0 Å². The summed E-state index contributed by atoms with van der Waals surface area (Å²) in [5.74, 6) is 1.27. The summed E-state index contributed by atoms with van der Waals surface area (Å²) in [4.78, 5) is 0. The van der Waals surface area contributed by atoms with E-state index in [1.54, 1.807) is 0 Å². The molecule has 0 rings (SSSR count). The van der Waals surface area contributed by atoms with Gasteiger partial charge in [-0.05, 0) is 24.7 Å². The van der Waals surface area contributed by atoms with Crippen LogP contribution in [0.25, 0.3) is 0 Å². The van der Waals surface area contributed by atoms with Crippen LogP contribution in [-0.4, -0.2) is 11.7 Å². The van der Waals surface area contributed by atoms with Crippen LogP contribution < -0.4 is 0 Å². The van der Waals surface area contributed by atoms with Crippen LogP contribution in [0, 0.1) is 11.8 Å². The Labute approximate surface area is 64.5 Å². The van der Waals surface area contributed by atoms with Gasteiger partial charge in [0.2, 0.25) is 0 Å². The third-order valence-corrected chi connectivity index (χ3v) is 1.76. The highest BCUT2D eigenvalue weighted by molar-refractivity contribution is 4.58. The third-order valence-electron chi connectivity index (χ3n) is 1.76. The van der Waals surface area contributed by atoms with E-state index in [1.165, 1.54) is 19.3 Å². The second-order valence-electron chi connectivity index (χ2n) is 3.47. The van der Waals surface area contributed by atoms with Gasteiger partial charge in [0, 0.05) is 6.61 Å². The van der Waals surface area contributed by atoms with E-state index in [0.29, 0.717) is 12.5 Å². The van der Waals surface area contributed by atoms with E-state index < -0.39 is 0 Å².